The monoisotopic (exact) mass is 326 g/mol. The third-order valence-electron chi connectivity index (χ3n) is 3.17. The van der Waals surface area contributed by atoms with Crippen LogP contribution < -0.4 is 10.2 Å². The molecule has 0 spiro atoms. The van der Waals surface area contributed by atoms with Crippen LogP contribution in [0.3, 0.4) is 0 Å². The van der Waals surface area contributed by atoms with E-state index in [-0.39, 0.29) is 0 Å². The van der Waals surface area contributed by atoms with Gasteiger partial charge in [-0.15, -0.1) is 0 Å². The van der Waals surface area contributed by atoms with Crippen molar-refractivity contribution in [1.29, 1.82) is 0 Å². The first-order valence-electron chi connectivity index (χ1n) is 7.21. The van der Waals surface area contributed by atoms with Gasteiger partial charge in [0.25, 0.3) is 0 Å². The first kappa shape index (κ1) is 16.5. The Balaban J connectivity index is 2.74. The van der Waals surface area contributed by atoms with Crippen molar-refractivity contribution in [3.8, 4) is 0 Å². The predicted octanol–water partition coefficient (Wildman–Crippen LogP) is 4.43. The molecule has 2 nitrogen and oxygen atoms in total. The standard InChI is InChI=1S/C16H27BrN2/c1-6-19(13(4)5)16-8-7-14(9-15(16)17)11-18-10-12(2)3/h7-9,12-13,18H,6,10-11H2,1-5H3. The zero-order valence-corrected chi connectivity index (χ0v) is 14.4. The molecular weight excluding hydrogens is 300 g/mol. The second-order valence-electron chi connectivity index (χ2n) is 5.69. The highest BCUT2D eigenvalue weighted by atomic mass is 79.9. The number of nitrogens with one attached hydrogen (secondary N) is 1. The van der Waals surface area contributed by atoms with Gasteiger partial charge in [0.2, 0.25) is 0 Å². The van der Waals surface area contributed by atoms with Gasteiger partial charge in [0.15, 0.2) is 0 Å². The number of halogens is 1. The fourth-order valence-corrected chi connectivity index (χ4v) is 2.87. The number of hydrogen-bond donors (Lipinski definition) is 1. The maximum absolute atomic E-state index is 3.71. The van der Waals surface area contributed by atoms with E-state index in [0.717, 1.165) is 19.6 Å². The lowest BCUT2D eigenvalue weighted by atomic mass is 10.1. The second-order valence-corrected chi connectivity index (χ2v) is 6.54. The van der Waals surface area contributed by atoms with E-state index in [1.807, 2.05) is 0 Å². The Morgan fingerprint density at radius 3 is 2.37 bits per heavy atom. The molecule has 0 saturated carbocycles. The smallest absolute Gasteiger partial charge is 0.0513 e. The first-order valence-corrected chi connectivity index (χ1v) is 8.00. The summed E-state index contributed by atoms with van der Waals surface area (Å²) in [5, 5.41) is 3.48. The molecule has 0 heterocycles. The number of rotatable bonds is 7. The molecule has 0 aromatic heterocycles. The molecule has 0 aliphatic rings. The van der Waals surface area contributed by atoms with E-state index in [1.165, 1.54) is 15.7 Å². The molecule has 0 fully saturated rings. The number of nitrogens with zero attached hydrogens (tertiary/aromatic N) is 1. The number of benzene rings is 1. The second kappa shape index (κ2) is 7.91. The Bertz CT molecular complexity index is 388. The highest BCUT2D eigenvalue weighted by Crippen LogP contribution is 2.28. The molecular formula is C16H27BrN2. The lowest BCUT2D eigenvalue weighted by Crippen LogP contribution is -2.30. The maximum atomic E-state index is 3.71. The van der Waals surface area contributed by atoms with Gasteiger partial charge in [-0.1, -0.05) is 19.9 Å². The van der Waals surface area contributed by atoms with Crippen LogP contribution >= 0.6 is 15.9 Å². The quantitative estimate of drug-likeness (QED) is 0.797. The molecule has 1 N–H and O–H groups in total. The molecule has 1 aromatic rings. The first-order chi connectivity index (χ1) is 8.95. The summed E-state index contributed by atoms with van der Waals surface area (Å²) in [5.41, 5.74) is 2.61. The summed E-state index contributed by atoms with van der Waals surface area (Å²) in [4.78, 5) is 2.40. The van der Waals surface area contributed by atoms with Crippen LogP contribution in [0.25, 0.3) is 0 Å². The molecule has 108 valence electrons. The van der Waals surface area contributed by atoms with Crippen molar-refractivity contribution < 1.29 is 0 Å². The van der Waals surface area contributed by atoms with Crippen LogP contribution in [-0.4, -0.2) is 19.1 Å². The molecule has 0 amide bonds. The SMILES string of the molecule is CCN(c1ccc(CNCC(C)C)cc1Br)C(C)C. The summed E-state index contributed by atoms with van der Waals surface area (Å²) in [6.45, 7) is 14.1. The van der Waals surface area contributed by atoms with Gasteiger partial charge in [-0.2, -0.15) is 0 Å². The lowest BCUT2D eigenvalue weighted by molar-refractivity contribution is 0.552. The summed E-state index contributed by atoms with van der Waals surface area (Å²) in [6, 6.07) is 7.19. The van der Waals surface area contributed by atoms with E-state index in [0.29, 0.717) is 12.0 Å². The molecule has 0 atom stereocenters. The zero-order valence-electron chi connectivity index (χ0n) is 12.8. The summed E-state index contributed by atoms with van der Waals surface area (Å²) in [7, 11) is 0. The van der Waals surface area contributed by atoms with Gasteiger partial charge in [-0.05, 0) is 66.9 Å². The van der Waals surface area contributed by atoms with Crippen LogP contribution in [0.15, 0.2) is 22.7 Å². The zero-order chi connectivity index (χ0) is 14.4. The third-order valence-corrected chi connectivity index (χ3v) is 3.80. The average molecular weight is 327 g/mol. The third kappa shape index (κ3) is 5.15. The van der Waals surface area contributed by atoms with Crippen LogP contribution in [0.1, 0.15) is 40.2 Å². The van der Waals surface area contributed by atoms with E-state index in [9.17, 15) is 0 Å². The molecule has 0 bridgehead atoms. The van der Waals surface area contributed by atoms with Gasteiger partial charge in [0.05, 0.1) is 5.69 Å². The Morgan fingerprint density at radius 1 is 1.21 bits per heavy atom. The molecule has 0 unspecified atom stereocenters. The molecule has 19 heavy (non-hydrogen) atoms. The summed E-state index contributed by atoms with van der Waals surface area (Å²) < 4.78 is 1.19. The molecule has 0 aliphatic carbocycles. The van der Waals surface area contributed by atoms with Gasteiger partial charge in [-0.3, -0.25) is 0 Å². The number of hydrogen-bond acceptors (Lipinski definition) is 2. The Kier molecular flexibility index (Phi) is 6.87. The number of anilines is 1. The van der Waals surface area contributed by atoms with Crippen molar-refractivity contribution >= 4 is 21.6 Å². The van der Waals surface area contributed by atoms with Crippen molar-refractivity contribution in [1.82, 2.24) is 5.32 Å². The van der Waals surface area contributed by atoms with E-state index < -0.39 is 0 Å². The lowest BCUT2D eigenvalue weighted by Gasteiger charge is -2.28. The van der Waals surface area contributed by atoms with Crippen LogP contribution in [0.4, 0.5) is 5.69 Å². The van der Waals surface area contributed by atoms with E-state index in [1.54, 1.807) is 0 Å². The summed E-state index contributed by atoms with van der Waals surface area (Å²) in [6.07, 6.45) is 0. The van der Waals surface area contributed by atoms with Crippen molar-refractivity contribution in [2.24, 2.45) is 5.92 Å². The van der Waals surface area contributed by atoms with Gasteiger partial charge >= 0.3 is 0 Å². The van der Waals surface area contributed by atoms with E-state index in [2.05, 4.69) is 79.0 Å². The van der Waals surface area contributed by atoms with E-state index in [4.69, 9.17) is 0 Å². The molecule has 0 radical (unpaired) electrons. The maximum Gasteiger partial charge on any atom is 0.0513 e. The van der Waals surface area contributed by atoms with Crippen molar-refractivity contribution in [3.63, 3.8) is 0 Å². The topological polar surface area (TPSA) is 15.3 Å². The van der Waals surface area contributed by atoms with Gasteiger partial charge < -0.3 is 10.2 Å². The Labute approximate surface area is 126 Å². The molecule has 3 heteroatoms. The normalized spacial score (nSPS) is 11.4. The largest absolute Gasteiger partial charge is 0.368 e. The van der Waals surface area contributed by atoms with Gasteiger partial charge in [0, 0.05) is 23.6 Å². The molecule has 0 aliphatic heterocycles. The minimum absolute atomic E-state index is 0.520. The van der Waals surface area contributed by atoms with E-state index >= 15 is 0 Å². The summed E-state index contributed by atoms with van der Waals surface area (Å²) in [5.74, 6) is 0.694. The molecule has 0 saturated heterocycles. The minimum Gasteiger partial charge on any atom is -0.368 e. The van der Waals surface area contributed by atoms with Crippen molar-refractivity contribution in [2.75, 3.05) is 18.0 Å². The Morgan fingerprint density at radius 2 is 1.89 bits per heavy atom. The molecule has 1 rings (SSSR count). The fourth-order valence-electron chi connectivity index (χ4n) is 2.21. The molecule has 1 aromatic carbocycles. The van der Waals surface area contributed by atoms with Gasteiger partial charge in [0.1, 0.15) is 0 Å². The average Bonchev–Trinajstić information content (AvgIpc) is 2.31. The van der Waals surface area contributed by atoms with Gasteiger partial charge in [-0.25, -0.2) is 0 Å². The van der Waals surface area contributed by atoms with Crippen LogP contribution in [0.5, 0.6) is 0 Å². The van der Waals surface area contributed by atoms with Crippen molar-refractivity contribution in [3.05, 3.63) is 28.2 Å². The summed E-state index contributed by atoms with van der Waals surface area (Å²) >= 11 is 3.71. The Hall–Kier alpha value is -0.540. The minimum atomic E-state index is 0.520. The predicted molar refractivity (Wildman–Crippen MR) is 88.8 cm³/mol. The fraction of sp³-hybridized carbons (Fsp3) is 0.625. The highest BCUT2D eigenvalue weighted by Gasteiger charge is 2.11. The van der Waals surface area contributed by atoms with Crippen LogP contribution in [-0.2, 0) is 6.54 Å². The van der Waals surface area contributed by atoms with Crippen molar-refractivity contribution in [2.45, 2.75) is 47.2 Å². The van der Waals surface area contributed by atoms with Crippen LogP contribution in [0.2, 0.25) is 0 Å². The highest BCUT2D eigenvalue weighted by molar-refractivity contribution is 9.10. The van der Waals surface area contributed by atoms with Crippen LogP contribution in [0, 0.1) is 5.92 Å².